The van der Waals surface area contributed by atoms with E-state index >= 15 is 0 Å². The summed E-state index contributed by atoms with van der Waals surface area (Å²) in [4.78, 5) is 21.1. The molecule has 2 aliphatic rings. The van der Waals surface area contributed by atoms with Crippen LogP contribution in [-0.4, -0.2) is 68.8 Å². The quantitative estimate of drug-likeness (QED) is 0.883. The van der Waals surface area contributed by atoms with E-state index in [1.807, 2.05) is 25.1 Å². The molecule has 1 unspecified atom stereocenters. The number of hydrogen-bond donors (Lipinski definition) is 1. The standard InChI is InChI=1S/C18H28N4O2/c1-21(2)17-11-15(3-7-19-17)18(23)20-16-4-8-22(9-5-16)12-14-6-10-24-13-14/h3,7,11,14,16H,4-6,8-10,12-13H2,1-2H3,(H,20,23). The number of aromatic nitrogens is 1. The Kier molecular flexibility index (Phi) is 5.68. The van der Waals surface area contributed by atoms with Crippen molar-refractivity contribution in [2.24, 2.45) is 5.92 Å². The Balaban J connectivity index is 1.47. The predicted molar refractivity (Wildman–Crippen MR) is 94.4 cm³/mol. The molecular formula is C18H28N4O2. The highest BCUT2D eigenvalue weighted by atomic mass is 16.5. The number of rotatable bonds is 5. The van der Waals surface area contributed by atoms with Crippen LogP contribution in [0.4, 0.5) is 5.82 Å². The third-order valence-corrected chi connectivity index (χ3v) is 4.93. The van der Waals surface area contributed by atoms with E-state index in [0.29, 0.717) is 11.5 Å². The Morgan fingerprint density at radius 1 is 1.38 bits per heavy atom. The Morgan fingerprint density at radius 3 is 2.83 bits per heavy atom. The molecule has 24 heavy (non-hydrogen) atoms. The van der Waals surface area contributed by atoms with Gasteiger partial charge in [-0.25, -0.2) is 4.98 Å². The van der Waals surface area contributed by atoms with Crippen molar-refractivity contribution in [2.45, 2.75) is 25.3 Å². The molecule has 1 N–H and O–H groups in total. The topological polar surface area (TPSA) is 57.7 Å². The second-order valence-corrected chi connectivity index (χ2v) is 7.08. The fourth-order valence-electron chi connectivity index (χ4n) is 3.43. The second kappa shape index (κ2) is 7.94. The number of piperidine rings is 1. The number of anilines is 1. The lowest BCUT2D eigenvalue weighted by Gasteiger charge is -2.33. The molecule has 3 rings (SSSR count). The average Bonchev–Trinajstić information content (AvgIpc) is 3.10. The Morgan fingerprint density at radius 2 is 2.17 bits per heavy atom. The molecule has 6 nitrogen and oxygen atoms in total. The van der Waals surface area contributed by atoms with Crippen LogP contribution in [0.15, 0.2) is 18.3 Å². The lowest BCUT2D eigenvalue weighted by atomic mass is 10.0. The number of nitrogens with zero attached hydrogens (tertiary/aromatic N) is 3. The molecule has 1 aromatic rings. The highest BCUT2D eigenvalue weighted by Gasteiger charge is 2.24. The van der Waals surface area contributed by atoms with Crippen LogP contribution in [0.25, 0.3) is 0 Å². The SMILES string of the molecule is CN(C)c1cc(C(=O)NC2CCN(CC3CCOC3)CC2)ccn1. The first-order valence-electron chi connectivity index (χ1n) is 8.86. The molecule has 2 aliphatic heterocycles. The molecule has 1 aromatic heterocycles. The molecule has 0 radical (unpaired) electrons. The van der Waals surface area contributed by atoms with Crippen LogP contribution in [-0.2, 0) is 4.74 Å². The number of amides is 1. The van der Waals surface area contributed by atoms with Gasteiger partial charge in [-0.1, -0.05) is 0 Å². The van der Waals surface area contributed by atoms with Gasteiger partial charge in [0.1, 0.15) is 5.82 Å². The van der Waals surface area contributed by atoms with Crippen LogP contribution in [0.5, 0.6) is 0 Å². The monoisotopic (exact) mass is 332 g/mol. The van der Waals surface area contributed by atoms with Gasteiger partial charge >= 0.3 is 0 Å². The third kappa shape index (κ3) is 4.45. The number of hydrogen-bond acceptors (Lipinski definition) is 5. The lowest BCUT2D eigenvalue weighted by molar-refractivity contribution is 0.0903. The lowest BCUT2D eigenvalue weighted by Crippen LogP contribution is -2.45. The van der Waals surface area contributed by atoms with E-state index in [9.17, 15) is 4.79 Å². The first kappa shape index (κ1) is 17.2. The Bertz CT molecular complexity index is 550. The summed E-state index contributed by atoms with van der Waals surface area (Å²) in [6, 6.07) is 3.88. The summed E-state index contributed by atoms with van der Waals surface area (Å²) in [5, 5.41) is 3.18. The van der Waals surface area contributed by atoms with Gasteiger partial charge in [-0.2, -0.15) is 0 Å². The number of nitrogens with one attached hydrogen (secondary N) is 1. The minimum Gasteiger partial charge on any atom is -0.381 e. The number of carbonyl (C=O) groups is 1. The van der Waals surface area contributed by atoms with Crippen molar-refractivity contribution in [1.29, 1.82) is 0 Å². The largest absolute Gasteiger partial charge is 0.381 e. The van der Waals surface area contributed by atoms with Gasteiger partial charge in [0.25, 0.3) is 5.91 Å². The van der Waals surface area contributed by atoms with Crippen molar-refractivity contribution in [3.63, 3.8) is 0 Å². The smallest absolute Gasteiger partial charge is 0.251 e. The number of likely N-dealkylation sites (tertiary alicyclic amines) is 1. The zero-order chi connectivity index (χ0) is 16.9. The molecule has 0 bridgehead atoms. The van der Waals surface area contributed by atoms with Crippen molar-refractivity contribution in [3.05, 3.63) is 23.9 Å². The van der Waals surface area contributed by atoms with Gasteiger partial charge in [-0.15, -0.1) is 0 Å². The van der Waals surface area contributed by atoms with Crippen molar-refractivity contribution < 1.29 is 9.53 Å². The van der Waals surface area contributed by atoms with Gasteiger partial charge in [0, 0.05) is 58.1 Å². The molecule has 0 aliphatic carbocycles. The first-order chi connectivity index (χ1) is 11.6. The Labute approximate surface area is 144 Å². The van der Waals surface area contributed by atoms with E-state index in [1.54, 1.807) is 12.3 Å². The zero-order valence-corrected chi connectivity index (χ0v) is 14.7. The van der Waals surface area contributed by atoms with Gasteiger partial charge in [0.05, 0.1) is 6.61 Å². The molecule has 2 saturated heterocycles. The summed E-state index contributed by atoms with van der Waals surface area (Å²) < 4.78 is 5.46. The molecule has 0 spiro atoms. The zero-order valence-electron chi connectivity index (χ0n) is 14.7. The van der Waals surface area contributed by atoms with Crippen molar-refractivity contribution in [1.82, 2.24) is 15.2 Å². The van der Waals surface area contributed by atoms with Gasteiger partial charge < -0.3 is 19.9 Å². The minimum absolute atomic E-state index is 0.00291. The maximum absolute atomic E-state index is 12.5. The summed E-state index contributed by atoms with van der Waals surface area (Å²) >= 11 is 0. The molecule has 6 heteroatoms. The van der Waals surface area contributed by atoms with Crippen LogP contribution >= 0.6 is 0 Å². The predicted octanol–water partition coefficient (Wildman–Crippen LogP) is 1.38. The highest BCUT2D eigenvalue weighted by molar-refractivity contribution is 5.95. The molecule has 132 valence electrons. The summed E-state index contributed by atoms with van der Waals surface area (Å²) in [5.74, 6) is 1.50. The maximum atomic E-state index is 12.5. The number of ether oxygens (including phenoxy) is 1. The van der Waals surface area contributed by atoms with Crippen LogP contribution in [0, 0.1) is 5.92 Å². The van der Waals surface area contributed by atoms with E-state index in [1.165, 1.54) is 6.42 Å². The van der Waals surface area contributed by atoms with Crippen LogP contribution in [0.1, 0.15) is 29.6 Å². The number of pyridine rings is 1. The fourth-order valence-corrected chi connectivity index (χ4v) is 3.43. The van der Waals surface area contributed by atoms with Gasteiger partial charge in [-0.05, 0) is 37.3 Å². The van der Waals surface area contributed by atoms with Crippen LogP contribution in [0.3, 0.4) is 0 Å². The number of carbonyl (C=O) groups excluding carboxylic acids is 1. The van der Waals surface area contributed by atoms with Crippen molar-refractivity contribution in [3.8, 4) is 0 Å². The second-order valence-electron chi connectivity index (χ2n) is 7.08. The summed E-state index contributed by atoms with van der Waals surface area (Å²) in [6.45, 7) is 5.07. The van der Waals surface area contributed by atoms with Gasteiger partial charge in [0.15, 0.2) is 0 Å². The van der Waals surface area contributed by atoms with E-state index in [0.717, 1.165) is 51.5 Å². The van der Waals surface area contributed by atoms with Crippen LogP contribution < -0.4 is 10.2 Å². The fraction of sp³-hybridized carbons (Fsp3) is 0.667. The summed E-state index contributed by atoms with van der Waals surface area (Å²) in [6.07, 6.45) is 4.92. The average molecular weight is 332 g/mol. The molecule has 1 amide bonds. The van der Waals surface area contributed by atoms with E-state index in [4.69, 9.17) is 4.74 Å². The maximum Gasteiger partial charge on any atom is 0.251 e. The summed E-state index contributed by atoms with van der Waals surface area (Å²) in [7, 11) is 3.85. The minimum atomic E-state index is 0.00291. The normalized spacial score (nSPS) is 22.5. The molecule has 3 heterocycles. The Hall–Kier alpha value is -1.66. The van der Waals surface area contributed by atoms with E-state index in [-0.39, 0.29) is 11.9 Å². The van der Waals surface area contributed by atoms with Crippen LogP contribution in [0.2, 0.25) is 0 Å². The molecule has 0 aromatic carbocycles. The van der Waals surface area contributed by atoms with Crippen molar-refractivity contribution in [2.75, 3.05) is 51.8 Å². The van der Waals surface area contributed by atoms with Crippen molar-refractivity contribution >= 4 is 11.7 Å². The molecule has 2 fully saturated rings. The highest BCUT2D eigenvalue weighted by Crippen LogP contribution is 2.18. The van der Waals surface area contributed by atoms with Gasteiger partial charge in [-0.3, -0.25) is 4.79 Å². The third-order valence-electron chi connectivity index (χ3n) is 4.93. The first-order valence-corrected chi connectivity index (χ1v) is 8.86. The van der Waals surface area contributed by atoms with E-state index in [2.05, 4.69) is 15.2 Å². The van der Waals surface area contributed by atoms with E-state index < -0.39 is 0 Å². The van der Waals surface area contributed by atoms with Gasteiger partial charge in [0.2, 0.25) is 0 Å². The molecular weight excluding hydrogens is 304 g/mol. The molecule has 0 saturated carbocycles. The summed E-state index contributed by atoms with van der Waals surface area (Å²) in [5.41, 5.74) is 0.680. The molecule has 1 atom stereocenters.